The van der Waals surface area contributed by atoms with E-state index in [4.69, 9.17) is 5.73 Å². The predicted octanol–water partition coefficient (Wildman–Crippen LogP) is 3.16. The largest absolute Gasteiger partial charge is 0.369 e. The van der Waals surface area contributed by atoms with Gasteiger partial charge in [-0.1, -0.05) is 31.0 Å². The zero-order chi connectivity index (χ0) is 21.9. The fraction of sp³-hybridized carbons (Fsp3) is 0.667. The molecule has 0 spiro atoms. The Balaban J connectivity index is 1.36. The van der Waals surface area contributed by atoms with E-state index < -0.39 is 15.6 Å². The first-order valence-corrected chi connectivity index (χ1v) is 13.1. The quantitative estimate of drug-likeness (QED) is 0.674. The summed E-state index contributed by atoms with van der Waals surface area (Å²) in [5.41, 5.74) is 4.44. The highest BCUT2D eigenvalue weighted by molar-refractivity contribution is 7.89. The van der Waals surface area contributed by atoms with E-state index in [1.807, 2.05) is 0 Å². The van der Waals surface area contributed by atoms with Crippen molar-refractivity contribution in [2.75, 3.05) is 0 Å². The molecular formula is C24H32N2O4S. The van der Waals surface area contributed by atoms with Gasteiger partial charge in [0.15, 0.2) is 5.78 Å². The van der Waals surface area contributed by atoms with Crippen LogP contribution >= 0.6 is 0 Å². The van der Waals surface area contributed by atoms with Gasteiger partial charge in [-0.3, -0.25) is 9.59 Å². The Morgan fingerprint density at radius 1 is 1.00 bits per heavy atom. The van der Waals surface area contributed by atoms with Gasteiger partial charge in [0, 0.05) is 11.8 Å². The summed E-state index contributed by atoms with van der Waals surface area (Å²) in [5.74, 6) is 1.37. The average molecular weight is 445 g/mol. The molecule has 1 aromatic carbocycles. The van der Waals surface area contributed by atoms with E-state index in [1.165, 1.54) is 0 Å². The Labute approximate surface area is 184 Å². The number of hydrogen-bond acceptors (Lipinski definition) is 4. The highest BCUT2D eigenvalue weighted by Gasteiger charge is 2.58. The number of carbonyl (C=O) groups excluding carboxylic acids is 2. The van der Waals surface area contributed by atoms with Crippen molar-refractivity contribution >= 4 is 21.7 Å². The van der Waals surface area contributed by atoms with Gasteiger partial charge in [0.05, 0.1) is 10.4 Å². The molecule has 0 aliphatic heterocycles. The van der Waals surface area contributed by atoms with Crippen molar-refractivity contribution in [3.63, 3.8) is 0 Å². The minimum absolute atomic E-state index is 0.0371. The summed E-state index contributed by atoms with van der Waals surface area (Å²) in [4.78, 5) is 26.1. The molecule has 5 aliphatic carbocycles. The molecule has 0 radical (unpaired) electrons. The minimum Gasteiger partial charge on any atom is -0.369 e. The molecule has 31 heavy (non-hydrogen) atoms. The van der Waals surface area contributed by atoms with Crippen molar-refractivity contribution in [1.82, 2.24) is 4.72 Å². The number of ketones is 1. The third kappa shape index (κ3) is 3.54. The minimum atomic E-state index is -3.76. The second-order valence-corrected chi connectivity index (χ2v) is 12.3. The van der Waals surface area contributed by atoms with Crippen LogP contribution in [0.4, 0.5) is 0 Å². The molecule has 6 nitrogen and oxygen atoms in total. The number of nitrogens with two attached hydrogens (primary N) is 1. The maximum absolute atomic E-state index is 13.7. The van der Waals surface area contributed by atoms with Gasteiger partial charge in [0.1, 0.15) is 0 Å². The molecular weight excluding hydrogens is 412 g/mol. The Hall–Kier alpha value is -1.73. The maximum Gasteiger partial charge on any atom is 0.241 e. The fourth-order valence-corrected chi connectivity index (χ4v) is 8.97. The molecule has 0 aromatic heterocycles. The fourth-order valence-electron chi connectivity index (χ4n) is 7.51. The summed E-state index contributed by atoms with van der Waals surface area (Å²) in [6.45, 7) is 0. The van der Waals surface area contributed by atoms with E-state index in [2.05, 4.69) is 4.72 Å². The molecule has 5 saturated carbocycles. The summed E-state index contributed by atoms with van der Waals surface area (Å²) in [6.07, 6.45) is 7.91. The summed E-state index contributed by atoms with van der Waals surface area (Å²) >= 11 is 0. The molecule has 3 N–H and O–H groups in total. The number of carbonyl (C=O) groups is 2. The van der Waals surface area contributed by atoms with Gasteiger partial charge in [0.2, 0.25) is 15.9 Å². The van der Waals surface area contributed by atoms with Crippen LogP contribution in [0.15, 0.2) is 35.2 Å². The molecule has 0 saturated heterocycles. The molecule has 5 fully saturated rings. The molecule has 5 aliphatic rings. The molecule has 4 bridgehead atoms. The molecule has 7 heteroatoms. The normalized spacial score (nSPS) is 35.9. The third-order valence-electron chi connectivity index (χ3n) is 8.79. The van der Waals surface area contributed by atoms with E-state index in [0.29, 0.717) is 37.0 Å². The molecule has 0 heterocycles. The zero-order valence-electron chi connectivity index (χ0n) is 17.9. The summed E-state index contributed by atoms with van der Waals surface area (Å²) < 4.78 is 28.9. The lowest BCUT2D eigenvalue weighted by atomic mass is 9.45. The SMILES string of the molecule is NC(=O)C12CC3CC(C1)C(CC(=O)C1(NS(=O)(=O)c4ccccc4)CCCC1)C(C3)C2. The van der Waals surface area contributed by atoms with Crippen LogP contribution in [-0.4, -0.2) is 25.6 Å². The molecule has 168 valence electrons. The van der Waals surface area contributed by atoms with Gasteiger partial charge < -0.3 is 5.73 Å². The van der Waals surface area contributed by atoms with E-state index in [-0.39, 0.29) is 27.9 Å². The number of nitrogens with one attached hydrogen (secondary N) is 1. The van der Waals surface area contributed by atoms with Crippen molar-refractivity contribution < 1.29 is 18.0 Å². The number of sulfonamides is 1. The van der Waals surface area contributed by atoms with Crippen molar-refractivity contribution in [3.05, 3.63) is 30.3 Å². The van der Waals surface area contributed by atoms with E-state index in [1.54, 1.807) is 30.3 Å². The summed E-state index contributed by atoms with van der Waals surface area (Å²) in [6, 6.07) is 8.30. The Bertz CT molecular complexity index is 968. The topological polar surface area (TPSA) is 106 Å². The Kier molecular flexibility index (Phi) is 5.05. The van der Waals surface area contributed by atoms with Crippen LogP contribution in [-0.2, 0) is 19.6 Å². The van der Waals surface area contributed by atoms with Gasteiger partial charge in [-0.05, 0) is 80.8 Å². The maximum atomic E-state index is 13.7. The van der Waals surface area contributed by atoms with Crippen LogP contribution in [0.2, 0.25) is 0 Å². The average Bonchev–Trinajstić information content (AvgIpc) is 3.20. The van der Waals surface area contributed by atoms with Crippen molar-refractivity contribution in [1.29, 1.82) is 0 Å². The van der Waals surface area contributed by atoms with E-state index in [0.717, 1.165) is 44.9 Å². The van der Waals surface area contributed by atoms with Crippen LogP contribution in [0.5, 0.6) is 0 Å². The summed E-state index contributed by atoms with van der Waals surface area (Å²) in [7, 11) is -3.76. The second-order valence-electron chi connectivity index (χ2n) is 10.6. The molecule has 1 amide bonds. The Morgan fingerprint density at radius 3 is 2.19 bits per heavy atom. The molecule has 1 aromatic rings. The van der Waals surface area contributed by atoms with E-state index >= 15 is 0 Å². The first-order valence-electron chi connectivity index (χ1n) is 11.7. The summed E-state index contributed by atoms with van der Waals surface area (Å²) in [5, 5.41) is 0. The van der Waals surface area contributed by atoms with Crippen LogP contribution in [0.1, 0.15) is 64.2 Å². The number of rotatable bonds is 7. The van der Waals surface area contributed by atoms with Crippen LogP contribution in [0, 0.1) is 29.1 Å². The molecule has 2 unspecified atom stereocenters. The van der Waals surface area contributed by atoms with Crippen molar-refractivity contribution in [2.24, 2.45) is 34.8 Å². The second kappa shape index (κ2) is 7.41. The first kappa shape index (κ1) is 21.1. The van der Waals surface area contributed by atoms with Crippen LogP contribution < -0.4 is 10.5 Å². The van der Waals surface area contributed by atoms with Gasteiger partial charge in [0.25, 0.3) is 0 Å². The lowest BCUT2D eigenvalue weighted by Gasteiger charge is -2.59. The number of Topliss-reactive ketones (excluding diaryl/α,β-unsaturated/α-hetero) is 1. The number of amides is 1. The highest BCUT2D eigenvalue weighted by atomic mass is 32.2. The zero-order valence-corrected chi connectivity index (χ0v) is 18.7. The monoisotopic (exact) mass is 444 g/mol. The third-order valence-corrected chi connectivity index (χ3v) is 10.3. The smallest absolute Gasteiger partial charge is 0.241 e. The van der Waals surface area contributed by atoms with E-state index in [9.17, 15) is 18.0 Å². The lowest BCUT2D eigenvalue weighted by Crippen LogP contribution is -2.58. The predicted molar refractivity (Wildman–Crippen MR) is 116 cm³/mol. The standard InChI is InChI=1S/C24H32N2O4S/c25-22(28)23-13-16-10-17(14-23)20(18(11-16)15-23)12-21(27)24(8-4-5-9-24)26-31(29,30)19-6-2-1-3-7-19/h1-3,6-7,16-18,20,26H,4-5,8-15H2,(H2,25,28). The van der Waals surface area contributed by atoms with Gasteiger partial charge in [-0.2, -0.15) is 4.72 Å². The van der Waals surface area contributed by atoms with Crippen LogP contribution in [0.3, 0.4) is 0 Å². The van der Waals surface area contributed by atoms with Gasteiger partial charge >= 0.3 is 0 Å². The number of primary amides is 1. The number of benzene rings is 1. The van der Waals surface area contributed by atoms with Crippen molar-refractivity contribution in [3.8, 4) is 0 Å². The Morgan fingerprint density at radius 2 is 1.61 bits per heavy atom. The van der Waals surface area contributed by atoms with Crippen molar-refractivity contribution in [2.45, 2.75) is 74.6 Å². The number of hydrogen-bond donors (Lipinski definition) is 2. The first-order chi connectivity index (χ1) is 14.7. The molecule has 6 rings (SSSR count). The highest BCUT2D eigenvalue weighted by Crippen LogP contribution is 2.63. The van der Waals surface area contributed by atoms with Gasteiger partial charge in [-0.25, -0.2) is 8.42 Å². The van der Waals surface area contributed by atoms with Crippen LogP contribution in [0.25, 0.3) is 0 Å². The lowest BCUT2D eigenvalue weighted by molar-refractivity contribution is -0.152. The molecule has 2 atom stereocenters. The van der Waals surface area contributed by atoms with Gasteiger partial charge in [-0.15, -0.1) is 0 Å².